The summed E-state index contributed by atoms with van der Waals surface area (Å²) in [7, 11) is 0. The minimum absolute atomic E-state index is 0.187. The second-order valence-electron chi connectivity index (χ2n) is 4.84. The smallest absolute Gasteiger partial charge is 0.137 e. The maximum absolute atomic E-state index is 13.4. The summed E-state index contributed by atoms with van der Waals surface area (Å²) in [6.45, 7) is 4.35. The summed E-state index contributed by atoms with van der Waals surface area (Å²) in [4.78, 5) is 0. The molecular formula is C13H17BrFN. The van der Waals surface area contributed by atoms with Gasteiger partial charge >= 0.3 is 0 Å². The highest BCUT2D eigenvalue weighted by atomic mass is 79.9. The van der Waals surface area contributed by atoms with Crippen molar-refractivity contribution in [2.75, 3.05) is 0 Å². The van der Waals surface area contributed by atoms with Gasteiger partial charge in [0.05, 0.1) is 4.47 Å². The van der Waals surface area contributed by atoms with Crippen molar-refractivity contribution in [3.63, 3.8) is 0 Å². The van der Waals surface area contributed by atoms with E-state index in [9.17, 15) is 4.39 Å². The molecule has 0 radical (unpaired) electrons. The van der Waals surface area contributed by atoms with Gasteiger partial charge in [0.2, 0.25) is 0 Å². The Balaban J connectivity index is 1.97. The summed E-state index contributed by atoms with van der Waals surface area (Å²) in [5.74, 6) is 0.652. The van der Waals surface area contributed by atoms with E-state index in [2.05, 4.69) is 35.1 Å². The first-order valence-electron chi connectivity index (χ1n) is 5.77. The van der Waals surface area contributed by atoms with E-state index in [4.69, 9.17) is 0 Å². The molecule has 1 N–H and O–H groups in total. The van der Waals surface area contributed by atoms with E-state index < -0.39 is 0 Å². The van der Waals surface area contributed by atoms with Gasteiger partial charge in [-0.25, -0.2) is 4.39 Å². The summed E-state index contributed by atoms with van der Waals surface area (Å²) < 4.78 is 13.9. The topological polar surface area (TPSA) is 12.0 Å². The van der Waals surface area contributed by atoms with Crippen molar-refractivity contribution in [1.29, 1.82) is 0 Å². The van der Waals surface area contributed by atoms with E-state index >= 15 is 0 Å². The number of hydrogen-bond donors (Lipinski definition) is 1. The molecule has 0 amide bonds. The first kappa shape index (κ1) is 12.1. The maximum atomic E-state index is 13.4. The first-order valence-corrected chi connectivity index (χ1v) is 6.56. The molecule has 1 fully saturated rings. The fraction of sp³-hybridized carbons (Fsp3) is 0.538. The Morgan fingerprint density at radius 2 is 2.12 bits per heavy atom. The highest BCUT2D eigenvalue weighted by molar-refractivity contribution is 9.10. The molecule has 88 valence electrons. The van der Waals surface area contributed by atoms with Crippen LogP contribution in [0.15, 0.2) is 22.7 Å². The second kappa shape index (κ2) is 4.84. The van der Waals surface area contributed by atoms with Crippen LogP contribution >= 0.6 is 15.9 Å². The Hall–Kier alpha value is -0.410. The molecule has 1 aromatic rings. The van der Waals surface area contributed by atoms with Crippen LogP contribution in [0.1, 0.15) is 38.3 Å². The third-order valence-corrected chi connectivity index (χ3v) is 3.95. The standard InChI is InChI=1S/C13H17BrFN/c1-8-5-11(6-8)16-9(2)10-3-4-12(14)13(15)7-10/h3-4,7-9,11,16H,5-6H2,1-2H3. The van der Waals surface area contributed by atoms with E-state index in [0.29, 0.717) is 10.5 Å². The average molecular weight is 286 g/mol. The first-order chi connectivity index (χ1) is 7.56. The van der Waals surface area contributed by atoms with Crippen LogP contribution in [0, 0.1) is 11.7 Å². The minimum Gasteiger partial charge on any atom is -0.307 e. The van der Waals surface area contributed by atoms with Gasteiger partial charge in [-0.2, -0.15) is 0 Å². The summed E-state index contributed by atoms with van der Waals surface area (Å²) in [5.41, 5.74) is 1.01. The van der Waals surface area contributed by atoms with Gasteiger partial charge in [-0.1, -0.05) is 13.0 Å². The van der Waals surface area contributed by atoms with Crippen LogP contribution in [0.25, 0.3) is 0 Å². The van der Waals surface area contributed by atoms with Crippen LogP contribution in [0.4, 0.5) is 4.39 Å². The zero-order valence-corrected chi connectivity index (χ0v) is 11.2. The molecule has 0 bridgehead atoms. The highest BCUT2D eigenvalue weighted by Gasteiger charge is 2.26. The predicted molar refractivity (Wildman–Crippen MR) is 67.8 cm³/mol. The van der Waals surface area contributed by atoms with Crippen LogP contribution in [-0.4, -0.2) is 6.04 Å². The third-order valence-electron chi connectivity index (χ3n) is 3.30. The molecule has 1 unspecified atom stereocenters. The Labute approximate surface area is 105 Å². The van der Waals surface area contributed by atoms with Gasteiger partial charge in [-0.05, 0) is 59.3 Å². The fourth-order valence-corrected chi connectivity index (χ4v) is 2.52. The van der Waals surface area contributed by atoms with Crippen LogP contribution < -0.4 is 5.32 Å². The lowest BCUT2D eigenvalue weighted by Crippen LogP contribution is -2.41. The molecule has 1 aliphatic carbocycles. The van der Waals surface area contributed by atoms with Crippen molar-refractivity contribution in [3.8, 4) is 0 Å². The van der Waals surface area contributed by atoms with Gasteiger partial charge in [0.1, 0.15) is 5.82 Å². The van der Waals surface area contributed by atoms with E-state index in [1.165, 1.54) is 12.8 Å². The van der Waals surface area contributed by atoms with Crippen LogP contribution in [-0.2, 0) is 0 Å². The van der Waals surface area contributed by atoms with Crippen LogP contribution in [0.2, 0.25) is 0 Å². The molecule has 3 heteroatoms. The molecule has 0 spiro atoms. The number of nitrogens with one attached hydrogen (secondary N) is 1. The molecule has 0 aliphatic heterocycles. The lowest BCUT2D eigenvalue weighted by Gasteiger charge is -2.35. The van der Waals surface area contributed by atoms with Crippen LogP contribution in [0.3, 0.4) is 0 Å². The van der Waals surface area contributed by atoms with Crippen molar-refractivity contribution in [2.45, 2.75) is 38.8 Å². The molecule has 1 atom stereocenters. The summed E-state index contributed by atoms with van der Waals surface area (Å²) in [5, 5.41) is 3.53. The molecule has 1 aliphatic rings. The van der Waals surface area contributed by atoms with Gasteiger partial charge in [0.25, 0.3) is 0 Å². The maximum Gasteiger partial charge on any atom is 0.137 e. The van der Waals surface area contributed by atoms with Crippen molar-refractivity contribution >= 4 is 15.9 Å². The molecule has 1 saturated carbocycles. The molecule has 0 aromatic heterocycles. The largest absolute Gasteiger partial charge is 0.307 e. The summed E-state index contributed by atoms with van der Waals surface area (Å²) >= 11 is 3.17. The molecule has 0 heterocycles. The highest BCUT2D eigenvalue weighted by Crippen LogP contribution is 2.29. The Morgan fingerprint density at radius 1 is 1.44 bits per heavy atom. The number of benzene rings is 1. The average Bonchev–Trinajstić information content (AvgIpc) is 2.19. The second-order valence-corrected chi connectivity index (χ2v) is 5.69. The lowest BCUT2D eigenvalue weighted by molar-refractivity contribution is 0.226. The molecule has 1 nitrogen and oxygen atoms in total. The van der Waals surface area contributed by atoms with E-state index in [1.807, 2.05) is 6.07 Å². The Morgan fingerprint density at radius 3 is 2.69 bits per heavy atom. The number of halogens is 2. The molecule has 1 aromatic carbocycles. The van der Waals surface area contributed by atoms with Crippen molar-refractivity contribution in [2.24, 2.45) is 5.92 Å². The van der Waals surface area contributed by atoms with Gasteiger partial charge in [0.15, 0.2) is 0 Å². The Bertz CT molecular complexity index is 374. The normalized spacial score (nSPS) is 26.2. The van der Waals surface area contributed by atoms with Crippen molar-refractivity contribution in [3.05, 3.63) is 34.1 Å². The summed E-state index contributed by atoms with van der Waals surface area (Å²) in [6, 6.07) is 6.17. The zero-order chi connectivity index (χ0) is 11.7. The third kappa shape index (κ3) is 2.64. The van der Waals surface area contributed by atoms with Gasteiger partial charge in [-0.3, -0.25) is 0 Å². The number of hydrogen-bond acceptors (Lipinski definition) is 1. The van der Waals surface area contributed by atoms with Crippen LogP contribution in [0.5, 0.6) is 0 Å². The molecule has 16 heavy (non-hydrogen) atoms. The molecule has 2 rings (SSSR count). The van der Waals surface area contributed by atoms with Gasteiger partial charge < -0.3 is 5.32 Å². The minimum atomic E-state index is -0.187. The van der Waals surface area contributed by atoms with E-state index in [1.54, 1.807) is 12.1 Å². The predicted octanol–water partition coefficient (Wildman–Crippen LogP) is 4.04. The number of rotatable bonds is 3. The monoisotopic (exact) mass is 285 g/mol. The zero-order valence-electron chi connectivity index (χ0n) is 9.63. The quantitative estimate of drug-likeness (QED) is 0.884. The fourth-order valence-electron chi connectivity index (χ4n) is 2.27. The van der Waals surface area contributed by atoms with E-state index in [0.717, 1.165) is 11.5 Å². The molecule has 0 saturated heterocycles. The van der Waals surface area contributed by atoms with Crippen molar-refractivity contribution < 1.29 is 4.39 Å². The van der Waals surface area contributed by atoms with E-state index in [-0.39, 0.29) is 11.9 Å². The van der Waals surface area contributed by atoms with Gasteiger partial charge in [0, 0.05) is 12.1 Å². The van der Waals surface area contributed by atoms with Gasteiger partial charge in [-0.15, -0.1) is 0 Å². The summed E-state index contributed by atoms with van der Waals surface area (Å²) in [6.07, 6.45) is 2.48. The SMILES string of the molecule is CC1CC(NC(C)c2ccc(Br)c(F)c2)C1. The van der Waals surface area contributed by atoms with Crippen molar-refractivity contribution in [1.82, 2.24) is 5.32 Å². The molecular weight excluding hydrogens is 269 g/mol. The lowest BCUT2D eigenvalue weighted by atomic mass is 9.81. The Kier molecular flexibility index (Phi) is 3.65.